The number of aryl methyl sites for hydroxylation is 1. The molecule has 1 aromatic carbocycles. The van der Waals surface area contributed by atoms with Crippen molar-refractivity contribution in [2.75, 3.05) is 18.3 Å². The Morgan fingerprint density at radius 1 is 1.21 bits per heavy atom. The van der Waals surface area contributed by atoms with E-state index in [1.165, 1.54) is 24.3 Å². The highest BCUT2D eigenvalue weighted by Crippen LogP contribution is 2.45. The van der Waals surface area contributed by atoms with Crippen molar-refractivity contribution in [2.24, 2.45) is 0 Å². The molecule has 1 aliphatic rings. The molecule has 0 bridgehead atoms. The number of rotatable bonds is 7. The van der Waals surface area contributed by atoms with Crippen LogP contribution in [0.4, 0.5) is 5.88 Å². The normalized spacial score (nSPS) is 18.2. The Labute approximate surface area is 198 Å². The summed E-state index contributed by atoms with van der Waals surface area (Å²) in [6.45, 7) is 4.75. The molecule has 34 heavy (non-hydrogen) atoms. The quantitative estimate of drug-likeness (QED) is 0.544. The lowest BCUT2D eigenvalue weighted by Crippen LogP contribution is -2.53. The topological polar surface area (TPSA) is 119 Å². The smallest absolute Gasteiger partial charge is 0.247 e. The van der Waals surface area contributed by atoms with E-state index in [-0.39, 0.29) is 24.8 Å². The van der Waals surface area contributed by atoms with Crippen molar-refractivity contribution in [3.8, 4) is 0 Å². The van der Waals surface area contributed by atoms with Gasteiger partial charge in [0.2, 0.25) is 27.7 Å². The fraction of sp³-hybridized carbons (Fsp3) is 0.292. The molecule has 0 radical (unpaired) electrons. The number of nitrogens with zero attached hydrogens (tertiary/aromatic N) is 3. The Kier molecular flexibility index (Phi) is 6.18. The third-order valence-electron chi connectivity index (χ3n) is 6.14. The number of aromatic nitrogens is 2. The molecule has 10 heteroatoms. The second-order valence-corrected chi connectivity index (χ2v) is 10.3. The van der Waals surface area contributed by atoms with Gasteiger partial charge in [-0.1, -0.05) is 47.6 Å². The van der Waals surface area contributed by atoms with Crippen molar-refractivity contribution >= 4 is 33.0 Å². The van der Waals surface area contributed by atoms with E-state index in [1.54, 1.807) is 33.0 Å². The number of nitrogens with one attached hydrogen (secondary N) is 1. The van der Waals surface area contributed by atoms with Crippen LogP contribution in [0.2, 0.25) is 0 Å². The lowest BCUT2D eigenvalue weighted by Gasteiger charge is -2.40. The van der Waals surface area contributed by atoms with Crippen LogP contribution in [0.15, 0.2) is 63.9 Å². The van der Waals surface area contributed by atoms with Crippen molar-refractivity contribution in [3.05, 3.63) is 77.7 Å². The zero-order valence-corrected chi connectivity index (χ0v) is 20.2. The molecule has 1 atom stereocenters. The van der Waals surface area contributed by atoms with Gasteiger partial charge < -0.3 is 13.8 Å². The molecular weight excluding hydrogens is 456 g/mol. The summed E-state index contributed by atoms with van der Waals surface area (Å²) in [5.41, 5.74) is 3.02. The van der Waals surface area contributed by atoms with Crippen LogP contribution >= 0.6 is 0 Å². The molecule has 0 aliphatic heterocycles. The van der Waals surface area contributed by atoms with Crippen LogP contribution < -0.4 is 4.72 Å². The van der Waals surface area contributed by atoms with Gasteiger partial charge >= 0.3 is 0 Å². The minimum absolute atomic E-state index is 0.0212. The van der Waals surface area contributed by atoms with E-state index in [9.17, 15) is 13.2 Å². The van der Waals surface area contributed by atoms with Gasteiger partial charge in [0.15, 0.2) is 0 Å². The summed E-state index contributed by atoms with van der Waals surface area (Å²) in [5, 5.41) is 3.87. The zero-order chi connectivity index (χ0) is 24.5. The van der Waals surface area contributed by atoms with E-state index in [1.807, 2.05) is 30.3 Å². The van der Waals surface area contributed by atoms with E-state index in [0.29, 0.717) is 28.3 Å². The number of benzene rings is 1. The molecule has 0 saturated carbocycles. The van der Waals surface area contributed by atoms with Gasteiger partial charge in [0.1, 0.15) is 11.0 Å². The average Bonchev–Trinajstić information content (AvgIpc) is 3.46. The van der Waals surface area contributed by atoms with Crippen LogP contribution in [0, 0.1) is 13.8 Å². The summed E-state index contributed by atoms with van der Waals surface area (Å²) < 4.78 is 40.3. The number of carbonyl (C=O) groups excluding carboxylic acids is 1. The van der Waals surface area contributed by atoms with Crippen molar-refractivity contribution in [2.45, 2.75) is 31.9 Å². The second-order valence-electron chi connectivity index (χ2n) is 8.35. The SMILES string of the molecule is CC(=O)N(C)CC1(S(=O)(=O)Nc2onc(C)c2C)CC(c2ncco2)=CC=C1c1ccccc1. The van der Waals surface area contributed by atoms with E-state index >= 15 is 0 Å². The number of amides is 1. The summed E-state index contributed by atoms with van der Waals surface area (Å²) >= 11 is 0. The molecule has 3 aromatic rings. The van der Waals surface area contributed by atoms with Crippen LogP contribution in [0.25, 0.3) is 11.1 Å². The van der Waals surface area contributed by atoms with Gasteiger partial charge in [0.05, 0.1) is 11.9 Å². The molecule has 0 fully saturated rings. The predicted molar refractivity (Wildman–Crippen MR) is 128 cm³/mol. The minimum Gasteiger partial charge on any atom is -0.445 e. The Morgan fingerprint density at radius 2 is 1.94 bits per heavy atom. The summed E-state index contributed by atoms with van der Waals surface area (Å²) in [6, 6.07) is 9.23. The Bertz CT molecular complexity index is 1360. The van der Waals surface area contributed by atoms with Crippen molar-refractivity contribution in [3.63, 3.8) is 0 Å². The first-order chi connectivity index (χ1) is 16.1. The molecule has 1 N–H and O–H groups in total. The van der Waals surface area contributed by atoms with Crippen molar-refractivity contribution < 1.29 is 22.2 Å². The highest BCUT2D eigenvalue weighted by Gasteiger charge is 2.51. The molecule has 2 heterocycles. The molecule has 1 aliphatic carbocycles. The third-order valence-corrected chi connectivity index (χ3v) is 8.11. The van der Waals surface area contributed by atoms with Crippen LogP contribution in [0.5, 0.6) is 0 Å². The lowest BCUT2D eigenvalue weighted by molar-refractivity contribution is -0.127. The van der Waals surface area contributed by atoms with Gasteiger partial charge in [0.25, 0.3) is 0 Å². The first kappa shape index (κ1) is 23.5. The lowest BCUT2D eigenvalue weighted by atomic mass is 9.82. The summed E-state index contributed by atoms with van der Waals surface area (Å²) in [7, 11) is -2.63. The maximum Gasteiger partial charge on any atom is 0.247 e. The van der Waals surface area contributed by atoms with Gasteiger partial charge in [-0.15, -0.1) is 0 Å². The molecule has 1 amide bonds. The second kappa shape index (κ2) is 8.94. The fourth-order valence-corrected chi connectivity index (χ4v) is 5.81. The monoisotopic (exact) mass is 482 g/mol. The van der Waals surface area contributed by atoms with Crippen molar-refractivity contribution in [1.29, 1.82) is 0 Å². The minimum atomic E-state index is -4.21. The summed E-state index contributed by atoms with van der Waals surface area (Å²) in [5.74, 6) is 0.100. The van der Waals surface area contributed by atoms with Crippen LogP contribution in [0.1, 0.15) is 36.1 Å². The summed E-state index contributed by atoms with van der Waals surface area (Å²) in [4.78, 5) is 17.9. The first-order valence-corrected chi connectivity index (χ1v) is 12.2. The molecule has 4 rings (SSSR count). The van der Waals surface area contributed by atoms with Gasteiger partial charge in [0, 0.05) is 38.1 Å². The fourth-order valence-electron chi connectivity index (χ4n) is 3.99. The van der Waals surface area contributed by atoms with E-state index in [0.717, 1.165) is 5.56 Å². The van der Waals surface area contributed by atoms with Crippen LogP contribution in [-0.4, -0.2) is 47.7 Å². The number of oxazole rings is 1. The maximum atomic E-state index is 14.2. The average molecular weight is 483 g/mol. The molecule has 178 valence electrons. The number of hydrogen-bond donors (Lipinski definition) is 1. The van der Waals surface area contributed by atoms with Crippen molar-refractivity contribution in [1.82, 2.24) is 15.0 Å². The highest BCUT2D eigenvalue weighted by molar-refractivity contribution is 7.94. The van der Waals surface area contributed by atoms with Crippen LogP contribution in [-0.2, 0) is 14.8 Å². The van der Waals surface area contributed by atoms with Gasteiger partial charge in [-0.2, -0.15) is 0 Å². The molecule has 0 spiro atoms. The van der Waals surface area contributed by atoms with E-state index < -0.39 is 14.8 Å². The molecule has 1 unspecified atom stereocenters. The number of hydrogen-bond acceptors (Lipinski definition) is 7. The zero-order valence-electron chi connectivity index (χ0n) is 19.4. The van der Waals surface area contributed by atoms with Gasteiger partial charge in [-0.25, -0.2) is 18.1 Å². The van der Waals surface area contributed by atoms with E-state index in [2.05, 4.69) is 14.9 Å². The standard InChI is InChI=1S/C24H26N4O5S/c1-16-17(2)26-33-22(16)27-34(30,31)24(15-28(4)18(3)29)14-20(23-25-12-13-32-23)10-11-21(24)19-8-6-5-7-9-19/h5-13,27H,14-15H2,1-4H3. The maximum absolute atomic E-state index is 14.2. The number of allylic oxidation sites excluding steroid dienone is 3. The highest BCUT2D eigenvalue weighted by atomic mass is 32.2. The third kappa shape index (κ3) is 4.16. The van der Waals surface area contributed by atoms with Crippen LogP contribution in [0.3, 0.4) is 0 Å². The van der Waals surface area contributed by atoms with Gasteiger partial charge in [-0.05, 0) is 25.0 Å². The van der Waals surface area contributed by atoms with E-state index in [4.69, 9.17) is 8.94 Å². The number of sulfonamides is 1. The Balaban J connectivity index is 1.93. The predicted octanol–water partition coefficient (Wildman–Crippen LogP) is 3.81. The first-order valence-electron chi connectivity index (χ1n) is 10.7. The molecule has 0 saturated heterocycles. The largest absolute Gasteiger partial charge is 0.445 e. The molecule has 2 aromatic heterocycles. The Morgan fingerprint density at radius 3 is 2.53 bits per heavy atom. The Hall–Kier alpha value is -3.66. The molecule has 9 nitrogen and oxygen atoms in total. The van der Waals surface area contributed by atoms with Gasteiger partial charge in [-0.3, -0.25) is 4.79 Å². The summed E-state index contributed by atoms with van der Waals surface area (Å²) in [6.07, 6.45) is 6.52. The number of anilines is 1. The number of carbonyl (C=O) groups is 1. The molecular formula is C24H26N4O5S.